The lowest BCUT2D eigenvalue weighted by atomic mass is 9.86. The second-order valence-electron chi connectivity index (χ2n) is 9.26. The molecule has 41 heavy (non-hydrogen) atoms. The van der Waals surface area contributed by atoms with Gasteiger partial charge in [0.2, 0.25) is 0 Å². The van der Waals surface area contributed by atoms with Crippen LogP contribution in [0, 0.1) is 30.4 Å². The van der Waals surface area contributed by atoms with Crippen molar-refractivity contribution in [2.45, 2.75) is 86.5 Å². The maximum atomic E-state index is 13.1. The first kappa shape index (κ1) is 37.4. The summed E-state index contributed by atoms with van der Waals surface area (Å²) < 4.78 is 26.3. The molecule has 1 nitrogen and oxygen atoms in total. The van der Waals surface area contributed by atoms with Gasteiger partial charge >= 0.3 is 0 Å². The van der Waals surface area contributed by atoms with Crippen LogP contribution in [0.1, 0.15) is 102 Å². The molecule has 3 rings (SSSR count). The molecular formula is C38H51F2N. The summed E-state index contributed by atoms with van der Waals surface area (Å²) in [4.78, 5) is 0. The third kappa shape index (κ3) is 16.3. The van der Waals surface area contributed by atoms with Crippen LogP contribution < -0.4 is 5.32 Å². The zero-order valence-electron chi connectivity index (χ0n) is 26.4. The Bertz CT molecular complexity index is 1120. The van der Waals surface area contributed by atoms with Crippen LogP contribution in [0.2, 0.25) is 0 Å². The van der Waals surface area contributed by atoms with Crippen LogP contribution in [0.4, 0.5) is 8.78 Å². The first-order valence-electron chi connectivity index (χ1n) is 14.9. The van der Waals surface area contributed by atoms with Crippen molar-refractivity contribution in [3.63, 3.8) is 0 Å². The van der Waals surface area contributed by atoms with E-state index in [2.05, 4.69) is 61.5 Å². The zero-order valence-corrected chi connectivity index (χ0v) is 26.4. The molecule has 222 valence electrons. The average molecular weight is 560 g/mol. The molecule has 0 heterocycles. The predicted octanol–water partition coefficient (Wildman–Crippen LogP) is 11.3. The van der Waals surface area contributed by atoms with Crippen molar-refractivity contribution < 1.29 is 8.78 Å². The van der Waals surface area contributed by atoms with Gasteiger partial charge in [-0.2, -0.15) is 0 Å². The van der Waals surface area contributed by atoms with Gasteiger partial charge in [0, 0.05) is 18.0 Å². The lowest BCUT2D eigenvalue weighted by molar-refractivity contribution is 0.608. The highest BCUT2D eigenvalue weighted by Gasteiger charge is 2.14. The fourth-order valence-electron chi connectivity index (χ4n) is 3.89. The van der Waals surface area contributed by atoms with Gasteiger partial charge in [0.1, 0.15) is 11.6 Å². The largest absolute Gasteiger partial charge is 0.374 e. The number of hydrogen-bond acceptors (Lipinski definition) is 1. The first-order valence-corrected chi connectivity index (χ1v) is 14.9. The molecule has 0 bridgehead atoms. The zero-order chi connectivity index (χ0) is 31.0. The van der Waals surface area contributed by atoms with Crippen molar-refractivity contribution in [3.05, 3.63) is 125 Å². The molecule has 3 aromatic carbocycles. The van der Waals surface area contributed by atoms with Crippen LogP contribution >= 0.6 is 0 Å². The smallest absolute Gasteiger partial charge is 0.123 e. The molecule has 0 unspecified atom stereocenters. The molecule has 1 N–H and O–H groups in total. The van der Waals surface area contributed by atoms with E-state index >= 15 is 0 Å². The molecule has 0 aliphatic carbocycles. The minimum atomic E-state index is -0.233. The van der Waals surface area contributed by atoms with Crippen molar-refractivity contribution in [1.29, 1.82) is 0 Å². The maximum absolute atomic E-state index is 13.1. The van der Waals surface area contributed by atoms with Crippen LogP contribution in [0.15, 0.2) is 91.5 Å². The molecule has 0 aliphatic heterocycles. The highest BCUT2D eigenvalue weighted by molar-refractivity contribution is 5.61. The molecule has 0 spiro atoms. The van der Waals surface area contributed by atoms with Crippen molar-refractivity contribution >= 4 is 5.70 Å². The summed E-state index contributed by atoms with van der Waals surface area (Å²) in [5.41, 5.74) is 6.66. The van der Waals surface area contributed by atoms with Gasteiger partial charge in [-0.15, -0.1) is 12.5 Å². The van der Waals surface area contributed by atoms with Gasteiger partial charge in [0.05, 0.1) is 6.54 Å². The van der Waals surface area contributed by atoms with Gasteiger partial charge in [-0.05, 0) is 74.1 Å². The van der Waals surface area contributed by atoms with Crippen LogP contribution in [0.25, 0.3) is 5.70 Å². The lowest BCUT2D eigenvalue weighted by Crippen LogP contribution is -2.11. The van der Waals surface area contributed by atoms with Crippen molar-refractivity contribution in [2.24, 2.45) is 0 Å². The van der Waals surface area contributed by atoms with E-state index in [1.165, 1.54) is 35.4 Å². The summed E-state index contributed by atoms with van der Waals surface area (Å²) in [6, 6.07) is 21.5. The summed E-state index contributed by atoms with van der Waals surface area (Å²) in [7, 11) is 0. The van der Waals surface area contributed by atoms with E-state index < -0.39 is 0 Å². The van der Waals surface area contributed by atoms with E-state index in [0.717, 1.165) is 54.5 Å². The fourth-order valence-corrected chi connectivity index (χ4v) is 3.89. The number of allylic oxidation sites excluding steroid dienone is 1. The first-order chi connectivity index (χ1) is 19.8. The molecule has 0 atom stereocenters. The summed E-state index contributed by atoms with van der Waals surface area (Å²) in [6.45, 7) is 22.7. The van der Waals surface area contributed by atoms with Crippen LogP contribution in [-0.4, -0.2) is 6.54 Å². The normalized spacial score (nSPS) is 9.41. The van der Waals surface area contributed by atoms with Gasteiger partial charge in [0.15, 0.2) is 0 Å². The molecule has 0 radical (unpaired) electrons. The Hall–Kier alpha value is -3.64. The SMILES string of the molecule is C=C(C)CCCCC(c1ccc(F)cc1)c1ccc(F)cc1.C=C(NCC#CCC)c1ccc(C)cc1.CC.CC. The van der Waals surface area contributed by atoms with Crippen LogP contribution in [0.5, 0.6) is 0 Å². The highest BCUT2D eigenvalue weighted by Crippen LogP contribution is 2.30. The Morgan fingerprint density at radius 2 is 1.24 bits per heavy atom. The number of halogens is 2. The van der Waals surface area contributed by atoms with Gasteiger partial charge in [-0.1, -0.05) is 113 Å². The third-order valence-electron chi connectivity index (χ3n) is 5.98. The van der Waals surface area contributed by atoms with Gasteiger partial charge in [-0.25, -0.2) is 8.78 Å². The Morgan fingerprint density at radius 3 is 1.68 bits per heavy atom. The molecule has 0 aromatic heterocycles. The quantitative estimate of drug-likeness (QED) is 0.148. The summed E-state index contributed by atoms with van der Waals surface area (Å²) in [5, 5.41) is 3.19. The second-order valence-corrected chi connectivity index (χ2v) is 9.26. The minimum Gasteiger partial charge on any atom is -0.374 e. The molecule has 0 fully saturated rings. The van der Waals surface area contributed by atoms with Gasteiger partial charge < -0.3 is 5.32 Å². The van der Waals surface area contributed by atoms with Crippen LogP contribution in [-0.2, 0) is 0 Å². The fraction of sp³-hybridized carbons (Fsp3) is 0.368. The molecule has 0 aliphatic rings. The van der Waals surface area contributed by atoms with E-state index in [9.17, 15) is 8.78 Å². The Labute approximate surface area is 249 Å². The predicted molar refractivity (Wildman–Crippen MR) is 177 cm³/mol. The standard InChI is InChI=1S/C20H22F2.C14H17N.2C2H6/c1-15(2)5-3-4-6-20(16-7-11-18(21)12-8-16)17-9-13-19(22)14-10-17;1-4-5-6-11-15-13(3)14-9-7-12(2)8-10-14;2*1-2/h7-14,20H,1,3-6H2,2H3;7-10,15H,3-4,11H2,1-2H3;2*1-2H3. The number of rotatable bonds is 10. The Morgan fingerprint density at radius 1 is 0.756 bits per heavy atom. The topological polar surface area (TPSA) is 12.0 Å². The van der Waals surface area contributed by atoms with Crippen molar-refractivity contribution in [2.75, 3.05) is 6.54 Å². The third-order valence-corrected chi connectivity index (χ3v) is 5.98. The number of benzene rings is 3. The van der Waals surface area contributed by atoms with E-state index in [-0.39, 0.29) is 17.6 Å². The van der Waals surface area contributed by atoms with Gasteiger partial charge in [0.25, 0.3) is 0 Å². The highest BCUT2D eigenvalue weighted by atomic mass is 19.1. The summed E-state index contributed by atoms with van der Waals surface area (Å²) in [6.07, 6.45) is 5.04. The van der Waals surface area contributed by atoms with E-state index in [4.69, 9.17) is 0 Å². The second kappa shape index (κ2) is 23.1. The summed E-state index contributed by atoms with van der Waals surface area (Å²) >= 11 is 0. The van der Waals surface area contributed by atoms with Crippen molar-refractivity contribution in [1.82, 2.24) is 5.32 Å². The van der Waals surface area contributed by atoms with E-state index in [1.54, 1.807) is 0 Å². The van der Waals surface area contributed by atoms with Crippen molar-refractivity contribution in [3.8, 4) is 11.8 Å². The number of nitrogens with one attached hydrogen (secondary N) is 1. The van der Waals surface area contributed by atoms with E-state index in [0.29, 0.717) is 6.54 Å². The number of aryl methyl sites for hydroxylation is 1. The Balaban J connectivity index is 0.000000735. The monoisotopic (exact) mass is 559 g/mol. The molecular weight excluding hydrogens is 508 g/mol. The molecule has 0 saturated carbocycles. The van der Waals surface area contributed by atoms with Crippen LogP contribution in [0.3, 0.4) is 0 Å². The molecule has 0 saturated heterocycles. The summed E-state index contributed by atoms with van der Waals surface area (Å²) in [5.74, 6) is 5.74. The number of unbranched alkanes of at least 4 members (excludes halogenated alkanes) is 1. The minimum absolute atomic E-state index is 0.173. The van der Waals surface area contributed by atoms with Gasteiger partial charge in [-0.3, -0.25) is 0 Å². The molecule has 0 amide bonds. The number of hydrogen-bond donors (Lipinski definition) is 1. The molecule has 3 heteroatoms. The lowest BCUT2D eigenvalue weighted by Gasteiger charge is -2.18. The Kier molecular flexibility index (Phi) is 21.1. The average Bonchev–Trinajstić information content (AvgIpc) is 2.99. The molecule has 3 aromatic rings. The maximum Gasteiger partial charge on any atom is 0.123 e. The van der Waals surface area contributed by atoms with E-state index in [1.807, 2.05) is 65.8 Å².